The van der Waals surface area contributed by atoms with Crippen LogP contribution in [0.1, 0.15) is 18.1 Å². The number of nitrogens with one attached hydrogen (secondary N) is 1. The second-order valence-electron chi connectivity index (χ2n) is 5.82. The first-order valence-electron chi connectivity index (χ1n) is 7.52. The molecule has 2 aromatic carbocycles. The molecule has 0 aliphatic carbocycles. The van der Waals surface area contributed by atoms with Gasteiger partial charge in [-0.3, -0.25) is 0 Å². The number of aromatic nitrogens is 1. The summed E-state index contributed by atoms with van der Waals surface area (Å²) in [7, 11) is 0. The number of nitriles is 1. The van der Waals surface area contributed by atoms with Crippen molar-refractivity contribution in [3.63, 3.8) is 0 Å². The molecule has 4 nitrogen and oxygen atoms in total. The minimum absolute atomic E-state index is 0.272. The highest BCUT2D eigenvalue weighted by Gasteiger charge is 2.22. The third-order valence-corrected chi connectivity index (χ3v) is 4.14. The number of fused-ring (bicyclic) bond motifs is 1. The molecule has 1 unspecified atom stereocenters. The highest BCUT2D eigenvalue weighted by Crippen LogP contribution is 2.25. The van der Waals surface area contributed by atoms with Crippen LogP contribution in [-0.4, -0.2) is 16.6 Å². The van der Waals surface area contributed by atoms with Crippen molar-refractivity contribution < 1.29 is 5.11 Å². The Morgan fingerprint density at radius 2 is 1.96 bits per heavy atom. The molecule has 0 bridgehead atoms. The van der Waals surface area contributed by atoms with Gasteiger partial charge in [-0.05, 0) is 36.8 Å². The van der Waals surface area contributed by atoms with Gasteiger partial charge in [0.25, 0.3) is 0 Å². The summed E-state index contributed by atoms with van der Waals surface area (Å²) < 4.78 is 0. The molecule has 2 N–H and O–H groups in total. The highest BCUT2D eigenvalue weighted by atomic mass is 35.5. The highest BCUT2D eigenvalue weighted by molar-refractivity contribution is 6.31. The second kappa shape index (κ2) is 6.48. The quantitative estimate of drug-likeness (QED) is 0.752. The van der Waals surface area contributed by atoms with Crippen LogP contribution in [0, 0.1) is 11.3 Å². The van der Waals surface area contributed by atoms with Gasteiger partial charge in [-0.25, -0.2) is 4.98 Å². The Hall–Kier alpha value is -2.61. The van der Waals surface area contributed by atoms with Crippen LogP contribution in [-0.2, 0) is 5.60 Å². The number of halogens is 1. The molecular weight excluding hydrogens is 322 g/mol. The van der Waals surface area contributed by atoms with Crippen LogP contribution in [0.3, 0.4) is 0 Å². The monoisotopic (exact) mass is 337 g/mol. The zero-order chi connectivity index (χ0) is 17.2. The first-order valence-corrected chi connectivity index (χ1v) is 7.89. The average Bonchev–Trinajstić information content (AvgIpc) is 2.60. The number of nitrogens with zero attached hydrogens (tertiary/aromatic N) is 2. The summed E-state index contributed by atoms with van der Waals surface area (Å²) in [6.07, 6.45) is 0. The van der Waals surface area contributed by atoms with Gasteiger partial charge in [-0.15, -0.1) is 0 Å². The smallest absolute Gasteiger partial charge is 0.128 e. The van der Waals surface area contributed by atoms with Crippen molar-refractivity contribution in [1.82, 2.24) is 4.98 Å². The number of hydrogen-bond acceptors (Lipinski definition) is 4. The van der Waals surface area contributed by atoms with E-state index in [2.05, 4.69) is 16.4 Å². The van der Waals surface area contributed by atoms with Gasteiger partial charge in [0.05, 0.1) is 17.1 Å². The summed E-state index contributed by atoms with van der Waals surface area (Å²) in [5.74, 6) is 0.539. The molecule has 0 spiro atoms. The van der Waals surface area contributed by atoms with Crippen LogP contribution in [0.25, 0.3) is 10.9 Å². The van der Waals surface area contributed by atoms with Gasteiger partial charge >= 0.3 is 0 Å². The fourth-order valence-corrected chi connectivity index (χ4v) is 2.72. The number of benzene rings is 2. The lowest BCUT2D eigenvalue weighted by atomic mass is 9.96. The molecule has 0 aliphatic heterocycles. The number of anilines is 1. The molecule has 0 aliphatic rings. The van der Waals surface area contributed by atoms with Crippen molar-refractivity contribution in [2.75, 3.05) is 11.9 Å². The number of hydrogen-bond donors (Lipinski definition) is 2. The summed E-state index contributed by atoms with van der Waals surface area (Å²) >= 11 is 5.99. The van der Waals surface area contributed by atoms with E-state index < -0.39 is 5.60 Å². The minimum atomic E-state index is -1.05. The molecule has 3 aromatic rings. The summed E-state index contributed by atoms with van der Waals surface area (Å²) in [5, 5.41) is 24.4. The Kier molecular flexibility index (Phi) is 4.39. The molecule has 1 atom stereocenters. The molecule has 0 saturated carbocycles. The van der Waals surface area contributed by atoms with E-state index in [0.717, 1.165) is 5.56 Å². The van der Waals surface area contributed by atoms with Crippen molar-refractivity contribution in [1.29, 1.82) is 5.26 Å². The third-order valence-electron chi connectivity index (χ3n) is 3.90. The van der Waals surface area contributed by atoms with Crippen LogP contribution < -0.4 is 5.32 Å². The zero-order valence-corrected chi connectivity index (χ0v) is 13.9. The molecule has 1 aromatic heterocycles. The Labute approximate surface area is 145 Å². The normalized spacial score (nSPS) is 13.2. The summed E-state index contributed by atoms with van der Waals surface area (Å²) in [6, 6.07) is 18.5. The van der Waals surface area contributed by atoms with Gasteiger partial charge in [0.15, 0.2) is 0 Å². The van der Waals surface area contributed by atoms with Crippen molar-refractivity contribution in [2.24, 2.45) is 0 Å². The van der Waals surface area contributed by atoms with Crippen LogP contribution in [0.4, 0.5) is 5.82 Å². The first-order chi connectivity index (χ1) is 11.5. The van der Waals surface area contributed by atoms with Gasteiger partial charge in [0, 0.05) is 17.0 Å². The van der Waals surface area contributed by atoms with Gasteiger partial charge < -0.3 is 10.4 Å². The maximum Gasteiger partial charge on any atom is 0.128 e. The number of pyridine rings is 1. The molecule has 0 radical (unpaired) electrons. The lowest BCUT2D eigenvalue weighted by Crippen LogP contribution is -2.30. The largest absolute Gasteiger partial charge is 0.384 e. The van der Waals surface area contributed by atoms with Gasteiger partial charge in [0.1, 0.15) is 11.4 Å². The molecule has 0 saturated heterocycles. The van der Waals surface area contributed by atoms with E-state index in [0.29, 0.717) is 27.3 Å². The van der Waals surface area contributed by atoms with Gasteiger partial charge in [0.2, 0.25) is 0 Å². The van der Waals surface area contributed by atoms with Gasteiger partial charge in [-0.1, -0.05) is 41.9 Å². The molecular formula is C19H16ClN3O. The van der Waals surface area contributed by atoms with Crippen molar-refractivity contribution in [3.8, 4) is 6.07 Å². The van der Waals surface area contributed by atoms with Crippen molar-refractivity contribution in [3.05, 3.63) is 70.7 Å². The molecule has 3 rings (SSSR count). The van der Waals surface area contributed by atoms with Crippen LogP contribution in [0.2, 0.25) is 5.02 Å². The van der Waals surface area contributed by atoms with E-state index in [1.54, 1.807) is 31.2 Å². The van der Waals surface area contributed by atoms with E-state index >= 15 is 0 Å². The van der Waals surface area contributed by atoms with E-state index in [1.165, 1.54) is 0 Å². The van der Waals surface area contributed by atoms with Crippen LogP contribution in [0.15, 0.2) is 54.6 Å². The third kappa shape index (κ3) is 3.33. The van der Waals surface area contributed by atoms with Crippen LogP contribution >= 0.6 is 11.6 Å². The molecule has 24 heavy (non-hydrogen) atoms. The summed E-state index contributed by atoms with van der Waals surface area (Å²) in [6.45, 7) is 2.01. The summed E-state index contributed by atoms with van der Waals surface area (Å²) in [5.41, 5.74) is 0.931. The van der Waals surface area contributed by atoms with E-state index in [9.17, 15) is 10.4 Å². The maximum atomic E-state index is 10.7. The Balaban J connectivity index is 1.88. The second-order valence-corrected chi connectivity index (χ2v) is 6.26. The standard InChI is InChI=1S/C19H16ClN3O/c1-19(24,14-5-3-2-4-6-14)12-22-18-9-13(11-21)16-10-15(20)7-8-17(16)23-18/h2-10,24H,12H2,1H3,(H,22,23). The molecule has 120 valence electrons. The number of rotatable bonds is 4. The maximum absolute atomic E-state index is 10.7. The predicted molar refractivity (Wildman–Crippen MR) is 96.0 cm³/mol. The topological polar surface area (TPSA) is 68.9 Å². The van der Waals surface area contributed by atoms with Crippen molar-refractivity contribution >= 4 is 28.3 Å². The summed E-state index contributed by atoms with van der Waals surface area (Å²) in [4.78, 5) is 4.49. The minimum Gasteiger partial charge on any atom is -0.384 e. The fourth-order valence-electron chi connectivity index (χ4n) is 2.54. The molecule has 0 amide bonds. The Bertz CT molecular complexity index is 917. The fraction of sp³-hybridized carbons (Fsp3) is 0.158. The Morgan fingerprint density at radius 1 is 1.21 bits per heavy atom. The number of aliphatic hydroxyl groups is 1. The Morgan fingerprint density at radius 3 is 2.67 bits per heavy atom. The first kappa shape index (κ1) is 16.3. The zero-order valence-electron chi connectivity index (χ0n) is 13.1. The predicted octanol–water partition coefficient (Wildman–Crippen LogP) is 4.08. The van der Waals surface area contributed by atoms with Gasteiger partial charge in [-0.2, -0.15) is 5.26 Å². The molecule has 0 fully saturated rings. The lowest BCUT2D eigenvalue weighted by Gasteiger charge is -2.24. The SMILES string of the molecule is CC(O)(CNc1cc(C#N)c2cc(Cl)ccc2n1)c1ccccc1. The van der Waals surface area contributed by atoms with Crippen molar-refractivity contribution in [2.45, 2.75) is 12.5 Å². The lowest BCUT2D eigenvalue weighted by molar-refractivity contribution is 0.0714. The van der Waals surface area contributed by atoms with E-state index in [4.69, 9.17) is 11.6 Å². The van der Waals surface area contributed by atoms with Crippen LogP contribution in [0.5, 0.6) is 0 Å². The average molecular weight is 338 g/mol. The molecule has 5 heteroatoms. The van der Waals surface area contributed by atoms with E-state index in [-0.39, 0.29) is 6.54 Å². The molecule has 1 heterocycles. The van der Waals surface area contributed by atoms with E-state index in [1.807, 2.05) is 30.3 Å².